The molecule has 0 saturated heterocycles. The molecular weight excluding hydrogens is 408 g/mol. The molecule has 142 valence electrons. The van der Waals surface area contributed by atoms with Crippen molar-refractivity contribution in [2.24, 2.45) is 0 Å². The van der Waals surface area contributed by atoms with Gasteiger partial charge < -0.3 is 0 Å². The standard InChI is InChI=1S/C20H18N4OS3/c1-10-12(3)26-18-16(10)19(22-9-21-18)28-15-8-6-5-7-14(15)17(25)24-20-23-11(2)13(4)27-20/h5-9H,1-4H3,(H,23,24,25). The molecule has 0 saturated carbocycles. The average Bonchev–Trinajstić information content (AvgIpc) is 3.14. The van der Waals surface area contributed by atoms with Crippen LogP contribution in [-0.4, -0.2) is 20.9 Å². The van der Waals surface area contributed by atoms with E-state index in [1.165, 1.54) is 33.5 Å². The number of hydrogen-bond donors (Lipinski definition) is 1. The molecule has 8 heteroatoms. The quantitative estimate of drug-likeness (QED) is 0.419. The highest BCUT2D eigenvalue weighted by atomic mass is 32.2. The number of aromatic nitrogens is 3. The molecule has 4 rings (SSSR count). The third-order valence-electron chi connectivity index (χ3n) is 4.52. The van der Waals surface area contributed by atoms with Gasteiger partial charge in [0.25, 0.3) is 5.91 Å². The molecule has 0 bridgehead atoms. The van der Waals surface area contributed by atoms with Gasteiger partial charge in [-0.2, -0.15) is 0 Å². The Morgan fingerprint density at radius 3 is 2.57 bits per heavy atom. The lowest BCUT2D eigenvalue weighted by Gasteiger charge is -2.09. The van der Waals surface area contributed by atoms with Crippen LogP contribution in [0.15, 0.2) is 40.5 Å². The molecule has 5 nitrogen and oxygen atoms in total. The fraction of sp³-hybridized carbons (Fsp3) is 0.200. The Bertz CT molecular complexity index is 1180. The van der Waals surface area contributed by atoms with Crippen LogP contribution in [0.25, 0.3) is 10.2 Å². The largest absolute Gasteiger partial charge is 0.298 e. The number of amides is 1. The number of thiazole rings is 1. The van der Waals surface area contributed by atoms with Gasteiger partial charge in [-0.1, -0.05) is 23.9 Å². The number of benzene rings is 1. The molecule has 0 atom stereocenters. The molecule has 0 unspecified atom stereocenters. The van der Waals surface area contributed by atoms with Crippen LogP contribution in [0.4, 0.5) is 5.13 Å². The van der Waals surface area contributed by atoms with Crippen LogP contribution in [-0.2, 0) is 0 Å². The van der Waals surface area contributed by atoms with Crippen molar-refractivity contribution >= 4 is 55.7 Å². The lowest BCUT2D eigenvalue weighted by molar-refractivity contribution is 0.102. The zero-order valence-corrected chi connectivity index (χ0v) is 18.3. The summed E-state index contributed by atoms with van der Waals surface area (Å²) in [6.45, 7) is 8.12. The first-order valence-corrected chi connectivity index (χ1v) is 11.1. The fourth-order valence-corrected chi connectivity index (χ4v) is 5.71. The number of carbonyl (C=O) groups is 1. The van der Waals surface area contributed by atoms with Crippen molar-refractivity contribution in [1.82, 2.24) is 15.0 Å². The summed E-state index contributed by atoms with van der Waals surface area (Å²) in [5.41, 5.74) is 2.74. The van der Waals surface area contributed by atoms with Crippen molar-refractivity contribution in [2.75, 3.05) is 5.32 Å². The molecule has 1 N–H and O–H groups in total. The minimum Gasteiger partial charge on any atom is -0.298 e. The molecule has 0 radical (unpaired) electrons. The van der Waals surface area contributed by atoms with E-state index in [9.17, 15) is 4.79 Å². The number of rotatable bonds is 4. The summed E-state index contributed by atoms with van der Waals surface area (Å²) in [5.74, 6) is -0.166. The zero-order chi connectivity index (χ0) is 19.8. The zero-order valence-electron chi connectivity index (χ0n) is 15.9. The van der Waals surface area contributed by atoms with E-state index in [2.05, 4.69) is 34.1 Å². The summed E-state index contributed by atoms with van der Waals surface area (Å²) in [7, 11) is 0. The van der Waals surface area contributed by atoms with Crippen LogP contribution in [0.3, 0.4) is 0 Å². The topological polar surface area (TPSA) is 67.8 Å². The Balaban J connectivity index is 1.68. The van der Waals surface area contributed by atoms with Crippen molar-refractivity contribution in [1.29, 1.82) is 0 Å². The highest BCUT2D eigenvalue weighted by Gasteiger charge is 2.18. The first-order valence-electron chi connectivity index (χ1n) is 8.67. The fourth-order valence-electron chi connectivity index (χ4n) is 2.77. The maximum Gasteiger partial charge on any atom is 0.258 e. The van der Waals surface area contributed by atoms with Gasteiger partial charge >= 0.3 is 0 Å². The number of nitrogens with zero attached hydrogens (tertiary/aromatic N) is 3. The Kier molecular flexibility index (Phi) is 5.18. The summed E-state index contributed by atoms with van der Waals surface area (Å²) in [5, 5.41) is 5.48. The second-order valence-electron chi connectivity index (χ2n) is 6.36. The molecule has 1 aromatic carbocycles. The number of anilines is 1. The van der Waals surface area contributed by atoms with E-state index in [0.717, 1.165) is 30.7 Å². The van der Waals surface area contributed by atoms with Gasteiger partial charge in [0.2, 0.25) is 0 Å². The molecule has 0 aliphatic heterocycles. The predicted molar refractivity (Wildman–Crippen MR) is 117 cm³/mol. The molecule has 0 fully saturated rings. The second kappa shape index (κ2) is 7.62. The van der Waals surface area contributed by atoms with E-state index >= 15 is 0 Å². The summed E-state index contributed by atoms with van der Waals surface area (Å²) < 4.78 is 0. The summed E-state index contributed by atoms with van der Waals surface area (Å²) >= 11 is 4.65. The van der Waals surface area contributed by atoms with Crippen molar-refractivity contribution in [3.8, 4) is 0 Å². The van der Waals surface area contributed by atoms with Gasteiger partial charge in [0.15, 0.2) is 5.13 Å². The maximum atomic E-state index is 12.9. The maximum absolute atomic E-state index is 12.9. The third kappa shape index (κ3) is 3.55. The second-order valence-corrected chi connectivity index (χ2v) is 9.79. The number of thiophene rings is 1. The van der Waals surface area contributed by atoms with Gasteiger partial charge in [0.05, 0.1) is 11.3 Å². The summed E-state index contributed by atoms with van der Waals surface area (Å²) in [6.07, 6.45) is 1.59. The first kappa shape index (κ1) is 19.0. The van der Waals surface area contributed by atoms with E-state index in [1.54, 1.807) is 17.7 Å². The average molecular weight is 427 g/mol. The van der Waals surface area contributed by atoms with Crippen molar-refractivity contribution in [3.63, 3.8) is 0 Å². The van der Waals surface area contributed by atoms with Crippen LogP contribution in [0, 0.1) is 27.7 Å². The number of carbonyl (C=O) groups excluding carboxylic acids is 1. The Labute approximate surface area is 175 Å². The predicted octanol–water partition coefficient (Wildman–Crippen LogP) is 5.78. The summed E-state index contributed by atoms with van der Waals surface area (Å²) in [6, 6.07) is 7.57. The molecule has 3 aromatic heterocycles. The monoisotopic (exact) mass is 426 g/mol. The van der Waals surface area contributed by atoms with Crippen LogP contribution in [0.1, 0.15) is 31.4 Å². The van der Waals surface area contributed by atoms with E-state index in [-0.39, 0.29) is 5.91 Å². The van der Waals surface area contributed by atoms with E-state index < -0.39 is 0 Å². The molecule has 4 aromatic rings. The normalized spacial score (nSPS) is 11.1. The number of nitrogens with one attached hydrogen (secondary N) is 1. The van der Waals surface area contributed by atoms with E-state index in [0.29, 0.717) is 10.7 Å². The molecule has 0 aliphatic carbocycles. The first-order chi connectivity index (χ1) is 13.4. The van der Waals surface area contributed by atoms with Crippen LogP contribution >= 0.6 is 34.4 Å². The van der Waals surface area contributed by atoms with Gasteiger partial charge in [-0.3, -0.25) is 10.1 Å². The Morgan fingerprint density at radius 1 is 1.04 bits per heavy atom. The Morgan fingerprint density at radius 2 is 1.82 bits per heavy atom. The highest BCUT2D eigenvalue weighted by molar-refractivity contribution is 7.99. The van der Waals surface area contributed by atoms with Crippen molar-refractivity contribution in [2.45, 2.75) is 37.6 Å². The number of fused-ring (bicyclic) bond motifs is 1. The molecule has 1 amide bonds. The Hall–Kier alpha value is -2.29. The highest BCUT2D eigenvalue weighted by Crippen LogP contribution is 2.38. The summed E-state index contributed by atoms with van der Waals surface area (Å²) in [4.78, 5) is 30.4. The molecule has 0 spiro atoms. The number of aryl methyl sites for hydroxylation is 4. The van der Waals surface area contributed by atoms with E-state index in [1.807, 2.05) is 38.1 Å². The minimum absolute atomic E-state index is 0.166. The lowest BCUT2D eigenvalue weighted by Crippen LogP contribution is -2.12. The lowest BCUT2D eigenvalue weighted by atomic mass is 10.2. The van der Waals surface area contributed by atoms with Crippen molar-refractivity contribution < 1.29 is 4.79 Å². The molecule has 0 aliphatic rings. The van der Waals surface area contributed by atoms with Crippen LogP contribution in [0.2, 0.25) is 0 Å². The minimum atomic E-state index is -0.166. The molecule has 3 heterocycles. The van der Waals surface area contributed by atoms with Gasteiger partial charge in [-0.25, -0.2) is 15.0 Å². The van der Waals surface area contributed by atoms with Crippen LogP contribution < -0.4 is 5.32 Å². The van der Waals surface area contributed by atoms with Gasteiger partial charge in [0, 0.05) is 20.0 Å². The smallest absolute Gasteiger partial charge is 0.258 e. The van der Waals surface area contributed by atoms with Crippen molar-refractivity contribution in [3.05, 3.63) is 57.2 Å². The third-order valence-corrected chi connectivity index (χ3v) is 7.70. The molecule has 28 heavy (non-hydrogen) atoms. The van der Waals surface area contributed by atoms with Gasteiger partial charge in [-0.15, -0.1) is 22.7 Å². The van der Waals surface area contributed by atoms with E-state index in [4.69, 9.17) is 0 Å². The van der Waals surface area contributed by atoms with Gasteiger partial charge in [0.1, 0.15) is 16.2 Å². The van der Waals surface area contributed by atoms with Gasteiger partial charge in [-0.05, 0) is 45.4 Å². The SMILES string of the molecule is Cc1nc(NC(=O)c2ccccc2Sc2ncnc3sc(C)c(C)c23)sc1C. The molecular formula is C20H18N4OS3. The number of hydrogen-bond acceptors (Lipinski definition) is 7. The van der Waals surface area contributed by atoms with Crippen LogP contribution in [0.5, 0.6) is 0 Å².